The molecule has 0 saturated carbocycles. The molecule has 0 atom stereocenters. The van der Waals surface area contributed by atoms with Gasteiger partial charge < -0.3 is 4.12 Å². The Kier molecular flexibility index (Phi) is 8.34. The second-order valence-electron chi connectivity index (χ2n) is 5.06. The number of allylic oxidation sites excluding steroid dienone is 1. The smallest absolute Gasteiger partial charge is 0.179 e. The Morgan fingerprint density at radius 1 is 0.824 bits per heavy atom. The summed E-state index contributed by atoms with van der Waals surface area (Å²) in [6, 6.07) is 7.66. The molecule has 0 N–H and O–H groups in total. The third-order valence-electron chi connectivity index (χ3n) is 4.46. The molecule has 1 nitrogen and oxygen atoms in total. The summed E-state index contributed by atoms with van der Waals surface area (Å²) in [6.07, 6.45) is 3.19. The van der Waals surface area contributed by atoms with Crippen LogP contribution in [0.3, 0.4) is 0 Å². The summed E-state index contributed by atoms with van der Waals surface area (Å²) in [6.45, 7) is 15.5. The minimum absolute atomic E-state index is 1.13. The van der Waals surface area contributed by atoms with Crippen LogP contribution < -0.4 is 0 Å². The van der Waals surface area contributed by atoms with E-state index in [1.807, 2.05) is 0 Å². The van der Waals surface area contributed by atoms with Crippen LogP contribution in [0.25, 0.3) is 0 Å². The third-order valence-corrected chi connectivity index (χ3v) is 15.6. The Hall–Kier alpha value is 0.134. The average Bonchev–Trinajstić information content (AvgIpc) is 2.41. The average molecular weight is 273 g/mol. The van der Waals surface area contributed by atoms with Crippen molar-refractivity contribution in [2.75, 3.05) is 0 Å². The minimum Gasteiger partial charge on any atom is -0.455 e. The zero-order chi connectivity index (χ0) is 13.4. The van der Waals surface area contributed by atoms with Gasteiger partial charge in [-0.15, -0.1) is 6.58 Å². The van der Waals surface area contributed by atoms with Crippen LogP contribution >= 0.6 is 0 Å². The van der Waals surface area contributed by atoms with Crippen LogP contribution in [0.15, 0.2) is 12.7 Å². The van der Waals surface area contributed by atoms with Gasteiger partial charge in [0.1, 0.15) is 0 Å². The highest BCUT2D eigenvalue weighted by Crippen LogP contribution is 2.33. The van der Waals surface area contributed by atoms with E-state index in [0.717, 1.165) is 6.42 Å². The van der Waals surface area contributed by atoms with E-state index in [0.29, 0.717) is 0 Å². The van der Waals surface area contributed by atoms with Gasteiger partial charge in [0.2, 0.25) is 0 Å². The predicted octanol–water partition coefficient (Wildman–Crippen LogP) is 5.57. The standard InChI is InChI=1S/C14H32OSi2/c1-7-13-14-17(11-5,12-6)15-16(8-2,9-3)10-4/h7H,1,8-14H2,2-6H3. The van der Waals surface area contributed by atoms with Crippen molar-refractivity contribution in [2.24, 2.45) is 0 Å². The summed E-state index contributed by atoms with van der Waals surface area (Å²) >= 11 is 0. The molecular weight excluding hydrogens is 240 g/mol. The molecule has 0 spiro atoms. The van der Waals surface area contributed by atoms with E-state index in [2.05, 4.69) is 47.3 Å². The van der Waals surface area contributed by atoms with Gasteiger partial charge in [-0.05, 0) is 42.7 Å². The van der Waals surface area contributed by atoms with Crippen LogP contribution in [-0.2, 0) is 4.12 Å². The monoisotopic (exact) mass is 272 g/mol. The van der Waals surface area contributed by atoms with Gasteiger partial charge >= 0.3 is 0 Å². The van der Waals surface area contributed by atoms with Crippen LogP contribution in [0.4, 0.5) is 0 Å². The topological polar surface area (TPSA) is 9.23 Å². The van der Waals surface area contributed by atoms with Crippen LogP contribution in [0.5, 0.6) is 0 Å². The lowest BCUT2D eigenvalue weighted by molar-refractivity contribution is 0.506. The lowest BCUT2D eigenvalue weighted by Gasteiger charge is -2.40. The second-order valence-corrected chi connectivity index (χ2v) is 14.6. The highest BCUT2D eigenvalue weighted by molar-refractivity contribution is 6.87. The second kappa shape index (κ2) is 8.27. The van der Waals surface area contributed by atoms with Gasteiger partial charge in [0, 0.05) is 0 Å². The van der Waals surface area contributed by atoms with Gasteiger partial charge in [-0.25, -0.2) is 0 Å². The summed E-state index contributed by atoms with van der Waals surface area (Å²) in [7, 11) is -2.89. The fourth-order valence-corrected chi connectivity index (χ4v) is 13.0. The van der Waals surface area contributed by atoms with E-state index in [1.165, 1.54) is 36.3 Å². The summed E-state index contributed by atoms with van der Waals surface area (Å²) < 4.78 is 6.90. The van der Waals surface area contributed by atoms with Crippen LogP contribution in [0.2, 0.25) is 36.3 Å². The maximum Gasteiger partial charge on any atom is 0.179 e. The molecule has 0 aliphatic rings. The molecule has 0 aromatic heterocycles. The molecule has 0 aliphatic carbocycles. The largest absolute Gasteiger partial charge is 0.455 e. The number of hydrogen-bond donors (Lipinski definition) is 0. The predicted molar refractivity (Wildman–Crippen MR) is 84.6 cm³/mol. The quantitative estimate of drug-likeness (QED) is 0.373. The Morgan fingerprint density at radius 3 is 1.53 bits per heavy atom. The first-order chi connectivity index (χ1) is 8.07. The third kappa shape index (κ3) is 4.72. The van der Waals surface area contributed by atoms with E-state index >= 15 is 0 Å². The van der Waals surface area contributed by atoms with Crippen LogP contribution in [0, 0.1) is 0 Å². The van der Waals surface area contributed by atoms with Crippen molar-refractivity contribution in [1.29, 1.82) is 0 Å². The molecule has 0 aromatic rings. The van der Waals surface area contributed by atoms with Crippen molar-refractivity contribution in [1.82, 2.24) is 0 Å². The molecule has 0 fully saturated rings. The SMILES string of the molecule is C=CCC[Si](CC)(CC)O[Si](CC)(CC)CC. The number of rotatable bonds is 10. The Labute approximate surface area is 111 Å². The van der Waals surface area contributed by atoms with Crippen molar-refractivity contribution in [2.45, 2.75) is 77.3 Å². The normalized spacial score (nSPS) is 12.8. The lowest BCUT2D eigenvalue weighted by atomic mass is 10.5. The van der Waals surface area contributed by atoms with Gasteiger partial charge in [0.15, 0.2) is 16.6 Å². The van der Waals surface area contributed by atoms with Crippen molar-refractivity contribution < 1.29 is 4.12 Å². The summed E-state index contributed by atoms with van der Waals surface area (Å²) in [4.78, 5) is 0. The minimum atomic E-state index is -1.47. The molecule has 0 aliphatic heterocycles. The molecule has 0 saturated heterocycles. The fraction of sp³-hybridized carbons (Fsp3) is 0.857. The van der Waals surface area contributed by atoms with Gasteiger partial charge in [-0.1, -0.05) is 40.7 Å². The number of hydrogen-bond acceptors (Lipinski definition) is 1. The Bertz CT molecular complexity index is 200. The summed E-state index contributed by atoms with van der Waals surface area (Å²) in [5.41, 5.74) is 0. The zero-order valence-corrected chi connectivity index (χ0v) is 14.6. The Balaban J connectivity index is 4.86. The molecule has 0 unspecified atom stereocenters. The van der Waals surface area contributed by atoms with Crippen LogP contribution in [-0.4, -0.2) is 16.6 Å². The molecule has 0 amide bonds. The first-order valence-corrected chi connectivity index (χ1v) is 12.4. The van der Waals surface area contributed by atoms with Crippen molar-refractivity contribution in [3.8, 4) is 0 Å². The van der Waals surface area contributed by atoms with Crippen LogP contribution in [0.1, 0.15) is 41.0 Å². The molecule has 0 aromatic carbocycles. The van der Waals surface area contributed by atoms with Gasteiger partial charge in [0.05, 0.1) is 0 Å². The van der Waals surface area contributed by atoms with Crippen molar-refractivity contribution in [3.05, 3.63) is 12.7 Å². The first-order valence-electron chi connectivity index (χ1n) is 7.38. The van der Waals surface area contributed by atoms with E-state index in [4.69, 9.17) is 4.12 Å². The maximum atomic E-state index is 6.90. The summed E-state index contributed by atoms with van der Waals surface area (Å²) in [5.74, 6) is 0. The first kappa shape index (κ1) is 17.1. The van der Waals surface area contributed by atoms with Crippen molar-refractivity contribution >= 4 is 16.6 Å². The molecule has 3 heteroatoms. The zero-order valence-electron chi connectivity index (χ0n) is 12.6. The van der Waals surface area contributed by atoms with Gasteiger partial charge in [0.25, 0.3) is 0 Å². The van der Waals surface area contributed by atoms with Crippen molar-refractivity contribution in [3.63, 3.8) is 0 Å². The molecule has 0 rings (SSSR count). The van der Waals surface area contributed by atoms with Gasteiger partial charge in [-0.2, -0.15) is 0 Å². The van der Waals surface area contributed by atoms with E-state index in [1.54, 1.807) is 0 Å². The van der Waals surface area contributed by atoms with E-state index in [-0.39, 0.29) is 0 Å². The molecule has 0 radical (unpaired) electrons. The highest BCUT2D eigenvalue weighted by Gasteiger charge is 2.39. The fourth-order valence-electron chi connectivity index (χ4n) is 2.59. The van der Waals surface area contributed by atoms with Gasteiger partial charge in [-0.3, -0.25) is 0 Å². The molecule has 0 bridgehead atoms. The summed E-state index contributed by atoms with van der Waals surface area (Å²) in [5, 5.41) is 0. The lowest BCUT2D eigenvalue weighted by Crippen LogP contribution is -2.50. The van der Waals surface area contributed by atoms with E-state index < -0.39 is 16.6 Å². The highest BCUT2D eigenvalue weighted by atomic mass is 28.4. The van der Waals surface area contributed by atoms with E-state index in [9.17, 15) is 0 Å². The Morgan fingerprint density at radius 2 is 1.24 bits per heavy atom. The molecule has 0 heterocycles. The molecule has 17 heavy (non-hydrogen) atoms. The molecule has 102 valence electrons. The molecular formula is C14H32OSi2. The maximum absolute atomic E-state index is 6.90.